The first-order valence-electron chi connectivity index (χ1n) is 7.30. The van der Waals surface area contributed by atoms with Crippen LogP contribution in [0.15, 0.2) is 29.2 Å². The Kier molecular flexibility index (Phi) is 3.74. The van der Waals surface area contributed by atoms with Crippen LogP contribution in [0, 0.1) is 6.92 Å². The van der Waals surface area contributed by atoms with Gasteiger partial charge in [-0.1, -0.05) is 17.7 Å². The molecule has 2 aliphatic rings. The lowest BCUT2D eigenvalue weighted by atomic mass is 9.80. The zero-order valence-corrected chi connectivity index (χ0v) is 13.1. The normalized spacial score (nSPS) is 31.1. The van der Waals surface area contributed by atoms with Gasteiger partial charge in [0.05, 0.1) is 11.0 Å². The van der Waals surface area contributed by atoms with E-state index >= 15 is 0 Å². The highest BCUT2D eigenvalue weighted by Gasteiger charge is 2.51. The molecule has 0 aromatic heterocycles. The Bertz CT molecular complexity index is 676. The topological polar surface area (TPSA) is 92.7 Å². The van der Waals surface area contributed by atoms with E-state index in [2.05, 4.69) is 5.32 Å². The molecule has 1 saturated carbocycles. The quantitative estimate of drug-likeness (QED) is 0.814. The molecule has 1 saturated heterocycles. The van der Waals surface area contributed by atoms with Crippen molar-refractivity contribution in [1.82, 2.24) is 5.32 Å². The predicted molar refractivity (Wildman–Crippen MR) is 79.0 cm³/mol. The van der Waals surface area contributed by atoms with E-state index in [1.165, 1.54) is 12.1 Å². The zero-order valence-electron chi connectivity index (χ0n) is 12.3. The fraction of sp³-hybridized carbons (Fsp3) is 0.533. The molecule has 2 fully saturated rings. The first kappa shape index (κ1) is 15.5. The maximum Gasteiger partial charge on any atom is 0.320 e. The summed E-state index contributed by atoms with van der Waals surface area (Å²) in [7, 11) is -3.77. The third-order valence-corrected chi connectivity index (χ3v) is 5.88. The highest BCUT2D eigenvalue weighted by molar-refractivity contribution is 7.86. The number of carboxylic acid groups (broad SMARTS) is 1. The molecule has 1 spiro atoms. The van der Waals surface area contributed by atoms with E-state index in [-0.39, 0.29) is 10.4 Å². The van der Waals surface area contributed by atoms with Crippen LogP contribution in [0.25, 0.3) is 0 Å². The summed E-state index contributed by atoms with van der Waals surface area (Å²) in [6.45, 7) is 1.89. The van der Waals surface area contributed by atoms with Crippen LogP contribution in [-0.2, 0) is 19.1 Å². The number of hydrogen-bond donors (Lipinski definition) is 2. The first-order chi connectivity index (χ1) is 10.3. The lowest BCUT2D eigenvalue weighted by Gasteiger charge is -2.45. The molecule has 120 valence electrons. The minimum absolute atomic E-state index is 0.157. The van der Waals surface area contributed by atoms with Crippen LogP contribution in [0.1, 0.15) is 31.2 Å². The summed E-state index contributed by atoms with van der Waals surface area (Å²) in [4.78, 5) is 11.0. The molecule has 2 N–H and O–H groups in total. The van der Waals surface area contributed by atoms with E-state index in [1.54, 1.807) is 12.1 Å². The van der Waals surface area contributed by atoms with Crippen LogP contribution in [-0.4, -0.2) is 37.2 Å². The number of carbonyl (C=O) groups is 1. The smallest absolute Gasteiger partial charge is 0.320 e. The number of aryl methyl sites for hydroxylation is 1. The summed E-state index contributed by atoms with van der Waals surface area (Å²) >= 11 is 0. The van der Waals surface area contributed by atoms with Gasteiger partial charge in [-0.3, -0.25) is 14.3 Å². The molecule has 1 aliphatic carbocycles. The molecule has 1 aliphatic heterocycles. The fourth-order valence-electron chi connectivity index (χ4n) is 3.30. The van der Waals surface area contributed by atoms with Gasteiger partial charge in [-0.2, -0.15) is 8.42 Å². The summed E-state index contributed by atoms with van der Waals surface area (Å²) < 4.78 is 29.8. The molecule has 7 heteroatoms. The molecule has 6 nitrogen and oxygen atoms in total. The van der Waals surface area contributed by atoms with Crippen LogP contribution in [0.5, 0.6) is 0 Å². The average molecular weight is 325 g/mol. The number of hydrogen-bond acceptors (Lipinski definition) is 5. The van der Waals surface area contributed by atoms with Gasteiger partial charge in [0.1, 0.15) is 6.04 Å². The molecule has 0 bridgehead atoms. The van der Waals surface area contributed by atoms with Gasteiger partial charge in [-0.05, 0) is 44.7 Å². The molecule has 1 aromatic rings. The molecular weight excluding hydrogens is 306 g/mol. The van der Waals surface area contributed by atoms with Crippen molar-refractivity contribution in [2.75, 3.05) is 0 Å². The highest BCUT2D eigenvalue weighted by atomic mass is 32.2. The van der Waals surface area contributed by atoms with E-state index in [4.69, 9.17) is 9.29 Å². The summed E-state index contributed by atoms with van der Waals surface area (Å²) in [6.07, 6.45) is 2.03. The van der Waals surface area contributed by atoms with Crippen LogP contribution >= 0.6 is 0 Å². The predicted octanol–water partition coefficient (Wildman–Crippen LogP) is 1.44. The van der Waals surface area contributed by atoms with Crippen LogP contribution in [0.2, 0.25) is 0 Å². The minimum atomic E-state index is -3.77. The molecule has 0 amide bonds. The number of aliphatic carboxylic acids is 1. The minimum Gasteiger partial charge on any atom is -0.480 e. The summed E-state index contributed by atoms with van der Waals surface area (Å²) in [5, 5.41) is 12.0. The lowest BCUT2D eigenvalue weighted by Crippen LogP contribution is -2.65. The van der Waals surface area contributed by atoms with Gasteiger partial charge in [0.15, 0.2) is 0 Å². The Morgan fingerprint density at radius 1 is 1.32 bits per heavy atom. The van der Waals surface area contributed by atoms with Crippen molar-refractivity contribution >= 4 is 16.1 Å². The van der Waals surface area contributed by atoms with E-state index in [0.29, 0.717) is 19.3 Å². The van der Waals surface area contributed by atoms with Gasteiger partial charge < -0.3 is 5.11 Å². The fourth-order valence-corrected chi connectivity index (χ4v) is 4.41. The highest BCUT2D eigenvalue weighted by Crippen LogP contribution is 2.42. The Morgan fingerprint density at radius 3 is 2.55 bits per heavy atom. The summed E-state index contributed by atoms with van der Waals surface area (Å²) in [5.41, 5.74) is 0.716. The van der Waals surface area contributed by atoms with Crippen LogP contribution in [0.4, 0.5) is 0 Å². The van der Waals surface area contributed by atoms with E-state index < -0.39 is 28.2 Å². The second-order valence-electron chi connectivity index (χ2n) is 6.25. The number of rotatable bonds is 4. The molecular formula is C15H19NO5S. The maximum atomic E-state index is 12.3. The Balaban J connectivity index is 1.63. The summed E-state index contributed by atoms with van der Waals surface area (Å²) in [5.74, 6) is -0.859. The van der Waals surface area contributed by atoms with Gasteiger partial charge in [-0.25, -0.2) is 0 Å². The first-order valence-corrected chi connectivity index (χ1v) is 8.71. The molecule has 2 unspecified atom stereocenters. The van der Waals surface area contributed by atoms with Crippen LogP contribution < -0.4 is 5.32 Å². The van der Waals surface area contributed by atoms with Crippen molar-refractivity contribution in [3.05, 3.63) is 29.8 Å². The molecule has 3 atom stereocenters. The van der Waals surface area contributed by atoms with Gasteiger partial charge in [0.25, 0.3) is 10.1 Å². The van der Waals surface area contributed by atoms with Gasteiger partial charge in [0, 0.05) is 5.54 Å². The zero-order chi connectivity index (χ0) is 16.0. The Labute approximate surface area is 129 Å². The van der Waals surface area contributed by atoms with Crippen molar-refractivity contribution in [3.63, 3.8) is 0 Å². The molecule has 1 heterocycles. The maximum absolute atomic E-state index is 12.3. The Hall–Kier alpha value is -1.44. The van der Waals surface area contributed by atoms with Gasteiger partial charge in [0.2, 0.25) is 0 Å². The lowest BCUT2D eigenvalue weighted by molar-refractivity contribution is -0.144. The number of nitrogens with one attached hydrogen (secondary N) is 1. The molecule has 1 aromatic carbocycles. The third-order valence-electron chi connectivity index (χ3n) is 4.51. The molecule has 22 heavy (non-hydrogen) atoms. The standard InChI is InChI=1S/C15H19NO5S/c1-10-2-4-12(5-3-10)22(19,20)21-11-6-7-15(8-11)9-13(16-15)14(17)18/h2-5,11,13,16H,6-9H2,1H3,(H,17,18)/t11-,13?,15?/m0/s1. The van der Waals surface area contributed by atoms with Crippen molar-refractivity contribution in [3.8, 4) is 0 Å². The van der Waals surface area contributed by atoms with Crippen LogP contribution in [0.3, 0.4) is 0 Å². The van der Waals surface area contributed by atoms with Crippen molar-refractivity contribution in [1.29, 1.82) is 0 Å². The summed E-state index contributed by atoms with van der Waals surface area (Å²) in [6, 6.07) is 6.02. The number of carboxylic acids is 1. The SMILES string of the molecule is Cc1ccc(S(=O)(=O)O[C@H]2CCC3(CC(C(=O)O)N3)C2)cc1. The van der Waals surface area contributed by atoms with Gasteiger partial charge >= 0.3 is 5.97 Å². The van der Waals surface area contributed by atoms with E-state index in [9.17, 15) is 13.2 Å². The third kappa shape index (κ3) is 2.88. The second kappa shape index (κ2) is 5.33. The van der Waals surface area contributed by atoms with Crippen molar-refractivity contribution in [2.45, 2.75) is 55.2 Å². The molecule has 3 rings (SSSR count). The van der Waals surface area contributed by atoms with Crippen molar-refractivity contribution < 1.29 is 22.5 Å². The van der Waals surface area contributed by atoms with E-state index in [0.717, 1.165) is 12.0 Å². The number of benzene rings is 1. The monoisotopic (exact) mass is 325 g/mol. The second-order valence-corrected chi connectivity index (χ2v) is 7.82. The van der Waals surface area contributed by atoms with Gasteiger partial charge in [-0.15, -0.1) is 0 Å². The van der Waals surface area contributed by atoms with Crippen molar-refractivity contribution in [2.24, 2.45) is 0 Å². The molecule has 0 radical (unpaired) electrons. The largest absolute Gasteiger partial charge is 0.480 e. The Morgan fingerprint density at radius 2 is 1.95 bits per heavy atom. The van der Waals surface area contributed by atoms with E-state index in [1.807, 2.05) is 6.92 Å². The average Bonchev–Trinajstić information content (AvgIpc) is 2.80.